The number of benzene rings is 1. The number of nitrogen functional groups attached to an aromatic ring is 1. The fourth-order valence-corrected chi connectivity index (χ4v) is 1.98. The lowest BCUT2D eigenvalue weighted by atomic mass is 10.0. The molecule has 0 aliphatic rings. The van der Waals surface area contributed by atoms with E-state index in [0.29, 0.717) is 5.69 Å². The Morgan fingerprint density at radius 2 is 2.00 bits per heavy atom. The molecule has 2 rings (SSSR count). The summed E-state index contributed by atoms with van der Waals surface area (Å²) in [6.07, 6.45) is -0.550. The summed E-state index contributed by atoms with van der Waals surface area (Å²) in [4.78, 5) is 3.24. The van der Waals surface area contributed by atoms with Gasteiger partial charge in [-0.3, -0.25) is 0 Å². The van der Waals surface area contributed by atoms with E-state index >= 15 is 0 Å². The lowest BCUT2D eigenvalue weighted by molar-refractivity contribution is -0.356. The van der Waals surface area contributed by atoms with Crippen molar-refractivity contribution in [2.75, 3.05) is 5.73 Å². The molecule has 4 N–H and O–H groups in total. The van der Waals surface area contributed by atoms with Gasteiger partial charge in [-0.05, 0) is 13.0 Å². The van der Waals surface area contributed by atoms with Gasteiger partial charge in [0.1, 0.15) is 0 Å². The number of rotatable bonds is 1. The maximum Gasteiger partial charge on any atom is 0.213 e. The van der Waals surface area contributed by atoms with Crippen molar-refractivity contribution in [2.24, 2.45) is 0 Å². The molecular weight excluding hydrogens is 188 g/mol. The second-order valence-electron chi connectivity index (χ2n) is 3.80. The second kappa shape index (κ2) is 3.51. The second-order valence-corrected chi connectivity index (χ2v) is 3.80. The Hall–Kier alpha value is -1.61. The summed E-state index contributed by atoms with van der Waals surface area (Å²) < 4.78 is 0. The minimum absolute atomic E-state index is 0.550. The van der Waals surface area contributed by atoms with Crippen LogP contribution in [-0.2, 0) is 0 Å². The number of pyridine rings is 1. The molecule has 78 valence electrons. The summed E-state index contributed by atoms with van der Waals surface area (Å²) in [6.45, 7) is 3.64. The van der Waals surface area contributed by atoms with Gasteiger partial charge in [0.2, 0.25) is 5.52 Å². The Morgan fingerprint density at radius 3 is 2.67 bits per heavy atom. The van der Waals surface area contributed by atoms with Crippen LogP contribution >= 0.6 is 0 Å². The van der Waals surface area contributed by atoms with Crippen LogP contribution in [0.5, 0.6) is 0 Å². The van der Waals surface area contributed by atoms with E-state index in [-0.39, 0.29) is 0 Å². The fraction of sp³-hybridized carbons (Fsp3) is 0.250. The number of hydrogen-bond donors (Lipinski definition) is 2. The maximum atomic E-state index is 9.64. The Labute approximate surface area is 88.6 Å². The Balaban J connectivity index is 2.84. The molecule has 0 unspecified atom stereocenters. The molecule has 0 bridgehead atoms. The predicted molar refractivity (Wildman–Crippen MR) is 60.3 cm³/mol. The molecule has 0 fully saturated rings. The summed E-state index contributed by atoms with van der Waals surface area (Å²) in [7, 11) is 0. The topological polar surface area (TPSA) is 60.4 Å². The Bertz CT molecular complexity index is 506. The van der Waals surface area contributed by atoms with Gasteiger partial charge in [-0.15, -0.1) is 0 Å². The first-order chi connectivity index (χ1) is 7.11. The number of aryl methyl sites for hydroxylation is 1. The lowest BCUT2D eigenvalue weighted by Gasteiger charge is -2.09. The SMILES string of the molecule is Cc1[nH+]c2ccccc2c(N)c1[C@@H](C)O. The molecule has 3 heteroatoms. The lowest BCUT2D eigenvalue weighted by Crippen LogP contribution is -2.16. The number of aromatic amines is 1. The van der Waals surface area contributed by atoms with E-state index in [1.165, 1.54) is 0 Å². The Morgan fingerprint density at radius 1 is 1.33 bits per heavy atom. The van der Waals surface area contributed by atoms with Crippen LogP contribution in [0.25, 0.3) is 10.9 Å². The van der Waals surface area contributed by atoms with Crippen LogP contribution < -0.4 is 10.7 Å². The van der Waals surface area contributed by atoms with Crippen LogP contribution in [0.3, 0.4) is 0 Å². The summed E-state index contributed by atoms with van der Waals surface area (Å²) in [5.74, 6) is 0. The first-order valence-corrected chi connectivity index (χ1v) is 4.99. The van der Waals surface area contributed by atoms with Gasteiger partial charge < -0.3 is 10.8 Å². The summed E-state index contributed by atoms with van der Waals surface area (Å²) >= 11 is 0. The average molecular weight is 203 g/mol. The summed E-state index contributed by atoms with van der Waals surface area (Å²) in [5.41, 5.74) is 9.41. The first-order valence-electron chi connectivity index (χ1n) is 4.99. The minimum atomic E-state index is -0.550. The largest absolute Gasteiger partial charge is 0.398 e. The fourth-order valence-electron chi connectivity index (χ4n) is 1.98. The zero-order chi connectivity index (χ0) is 11.0. The number of aromatic nitrogens is 1. The molecule has 1 aromatic carbocycles. The van der Waals surface area contributed by atoms with Gasteiger partial charge in [0.05, 0.1) is 22.7 Å². The van der Waals surface area contributed by atoms with E-state index in [9.17, 15) is 5.11 Å². The van der Waals surface area contributed by atoms with Gasteiger partial charge >= 0.3 is 0 Å². The highest BCUT2D eigenvalue weighted by Gasteiger charge is 2.18. The number of aliphatic hydroxyl groups excluding tert-OH is 1. The molecular formula is C12H15N2O+. The van der Waals surface area contributed by atoms with Gasteiger partial charge in [0.25, 0.3) is 0 Å². The smallest absolute Gasteiger partial charge is 0.213 e. The standard InChI is InChI=1S/C12H14N2O/c1-7-11(8(2)15)12(13)9-5-3-4-6-10(9)14-7/h3-6,8,15H,1-2H3,(H2,13,14)/p+1/t8-/m1/s1. The molecule has 0 aliphatic heterocycles. The molecule has 1 heterocycles. The highest BCUT2D eigenvalue weighted by atomic mass is 16.3. The highest BCUT2D eigenvalue weighted by Crippen LogP contribution is 2.27. The monoisotopic (exact) mass is 203 g/mol. The molecule has 1 aromatic heterocycles. The normalized spacial score (nSPS) is 13.0. The summed E-state index contributed by atoms with van der Waals surface area (Å²) in [5, 5.41) is 10.6. The number of H-pyrrole nitrogens is 1. The number of para-hydroxylation sites is 1. The van der Waals surface area contributed by atoms with Crippen molar-refractivity contribution in [1.29, 1.82) is 0 Å². The van der Waals surface area contributed by atoms with E-state index in [1.807, 2.05) is 31.2 Å². The van der Waals surface area contributed by atoms with Crippen molar-refractivity contribution in [3.8, 4) is 0 Å². The molecule has 0 amide bonds. The zero-order valence-corrected chi connectivity index (χ0v) is 8.91. The average Bonchev–Trinajstić information content (AvgIpc) is 2.17. The van der Waals surface area contributed by atoms with Gasteiger partial charge in [0.15, 0.2) is 5.69 Å². The van der Waals surface area contributed by atoms with Crippen LogP contribution in [0.1, 0.15) is 24.3 Å². The maximum absolute atomic E-state index is 9.64. The molecule has 1 atom stereocenters. The third-order valence-corrected chi connectivity index (χ3v) is 2.65. The van der Waals surface area contributed by atoms with Crippen LogP contribution in [0, 0.1) is 6.92 Å². The Kier molecular flexibility index (Phi) is 2.32. The van der Waals surface area contributed by atoms with E-state index in [0.717, 1.165) is 22.2 Å². The van der Waals surface area contributed by atoms with E-state index in [2.05, 4.69) is 4.98 Å². The number of aliphatic hydroxyl groups is 1. The van der Waals surface area contributed by atoms with Gasteiger partial charge in [-0.1, -0.05) is 12.1 Å². The molecule has 2 aromatic rings. The summed E-state index contributed by atoms with van der Waals surface area (Å²) in [6, 6.07) is 7.82. The molecule has 3 nitrogen and oxygen atoms in total. The number of nitrogens with two attached hydrogens (primary N) is 1. The van der Waals surface area contributed by atoms with E-state index < -0.39 is 6.10 Å². The van der Waals surface area contributed by atoms with Crippen molar-refractivity contribution in [3.05, 3.63) is 35.5 Å². The van der Waals surface area contributed by atoms with Crippen molar-refractivity contribution in [1.82, 2.24) is 0 Å². The number of fused-ring (bicyclic) bond motifs is 1. The first kappa shape index (κ1) is 9.93. The number of hydrogen-bond acceptors (Lipinski definition) is 2. The van der Waals surface area contributed by atoms with Crippen molar-refractivity contribution in [2.45, 2.75) is 20.0 Å². The third-order valence-electron chi connectivity index (χ3n) is 2.65. The van der Waals surface area contributed by atoms with E-state index in [1.54, 1.807) is 6.92 Å². The highest BCUT2D eigenvalue weighted by molar-refractivity contribution is 5.89. The van der Waals surface area contributed by atoms with Gasteiger partial charge in [-0.25, -0.2) is 4.98 Å². The molecule has 0 radical (unpaired) electrons. The third kappa shape index (κ3) is 1.55. The van der Waals surface area contributed by atoms with Crippen molar-refractivity contribution in [3.63, 3.8) is 0 Å². The number of anilines is 1. The molecule has 0 saturated carbocycles. The van der Waals surface area contributed by atoms with Crippen molar-refractivity contribution < 1.29 is 10.1 Å². The van der Waals surface area contributed by atoms with Crippen LogP contribution in [0.2, 0.25) is 0 Å². The quantitative estimate of drug-likeness (QED) is 0.739. The van der Waals surface area contributed by atoms with Crippen LogP contribution in [0.15, 0.2) is 24.3 Å². The molecule has 0 spiro atoms. The van der Waals surface area contributed by atoms with Gasteiger partial charge in [-0.2, -0.15) is 0 Å². The minimum Gasteiger partial charge on any atom is -0.398 e. The van der Waals surface area contributed by atoms with E-state index in [4.69, 9.17) is 5.73 Å². The molecule has 15 heavy (non-hydrogen) atoms. The number of nitrogens with one attached hydrogen (secondary N) is 1. The zero-order valence-electron chi connectivity index (χ0n) is 8.91. The van der Waals surface area contributed by atoms with Crippen LogP contribution in [-0.4, -0.2) is 5.11 Å². The van der Waals surface area contributed by atoms with Gasteiger partial charge in [0, 0.05) is 13.0 Å². The van der Waals surface area contributed by atoms with Crippen LogP contribution in [0.4, 0.5) is 5.69 Å². The molecule has 0 aliphatic carbocycles. The van der Waals surface area contributed by atoms with Crippen molar-refractivity contribution >= 4 is 16.6 Å². The predicted octanol–water partition coefficient (Wildman–Crippen LogP) is 1.60. The molecule has 0 saturated heterocycles.